The molecule has 1 aliphatic carbocycles. The summed E-state index contributed by atoms with van der Waals surface area (Å²) in [4.78, 5) is 0. The number of nitrogens with zero attached hydrogens (tertiary/aromatic N) is 1. The maximum absolute atomic E-state index is 5.32. The van der Waals surface area contributed by atoms with E-state index in [1.165, 1.54) is 24.0 Å². The fourth-order valence-electron chi connectivity index (χ4n) is 1.63. The molecule has 2 N–H and O–H groups in total. The number of hydrazone groups is 1. The molecule has 0 unspecified atom stereocenters. The minimum atomic E-state index is 0.766. The molecule has 0 spiro atoms. The molecule has 3 heteroatoms. The number of hydrogen-bond acceptors (Lipinski definition) is 2. The molecule has 0 saturated heterocycles. The van der Waals surface area contributed by atoms with Gasteiger partial charge in [0.2, 0.25) is 0 Å². The third-order valence-corrected chi connectivity index (χ3v) is 3.24. The standard InChI is InChI=1S/C13H19IN2/c1-9(7-12-4-5-12)6-10(2)8-13(16-15)11(3)14/h6,12H,1,3-5,7-8,15H2,2H3/b10-6+,16-13-. The molecule has 0 amide bonds. The van der Waals surface area contributed by atoms with Gasteiger partial charge in [0.15, 0.2) is 0 Å². The van der Waals surface area contributed by atoms with Gasteiger partial charge in [-0.2, -0.15) is 5.10 Å². The Balaban J connectivity index is 2.48. The molecule has 0 atom stereocenters. The van der Waals surface area contributed by atoms with E-state index in [2.05, 4.69) is 53.8 Å². The van der Waals surface area contributed by atoms with Crippen molar-refractivity contribution in [3.8, 4) is 0 Å². The van der Waals surface area contributed by atoms with Gasteiger partial charge in [-0.3, -0.25) is 0 Å². The van der Waals surface area contributed by atoms with Gasteiger partial charge in [-0.25, -0.2) is 0 Å². The summed E-state index contributed by atoms with van der Waals surface area (Å²) in [6, 6.07) is 0. The van der Waals surface area contributed by atoms with Crippen LogP contribution >= 0.6 is 22.6 Å². The first-order valence-corrected chi connectivity index (χ1v) is 6.57. The van der Waals surface area contributed by atoms with Crippen molar-refractivity contribution in [1.29, 1.82) is 0 Å². The van der Waals surface area contributed by atoms with Crippen LogP contribution in [0.1, 0.15) is 32.6 Å². The summed E-state index contributed by atoms with van der Waals surface area (Å²) in [6.45, 7) is 10.0. The first kappa shape index (κ1) is 13.5. The van der Waals surface area contributed by atoms with Gasteiger partial charge in [0.25, 0.3) is 0 Å². The minimum Gasteiger partial charge on any atom is -0.323 e. The van der Waals surface area contributed by atoms with Crippen molar-refractivity contribution in [2.24, 2.45) is 16.9 Å². The number of nitrogens with two attached hydrogens (primary N) is 1. The largest absolute Gasteiger partial charge is 0.323 e. The van der Waals surface area contributed by atoms with Crippen molar-refractivity contribution < 1.29 is 0 Å². The quantitative estimate of drug-likeness (QED) is 0.259. The van der Waals surface area contributed by atoms with E-state index in [1.807, 2.05) is 0 Å². The van der Waals surface area contributed by atoms with Crippen LogP contribution < -0.4 is 5.84 Å². The van der Waals surface area contributed by atoms with Gasteiger partial charge in [-0.1, -0.05) is 30.4 Å². The lowest BCUT2D eigenvalue weighted by Gasteiger charge is -2.05. The minimum absolute atomic E-state index is 0.766. The summed E-state index contributed by atoms with van der Waals surface area (Å²) in [5.41, 5.74) is 3.32. The molecular weight excluding hydrogens is 311 g/mol. The lowest BCUT2D eigenvalue weighted by atomic mass is 10.0. The Morgan fingerprint density at radius 1 is 1.50 bits per heavy atom. The second-order valence-corrected chi connectivity index (χ2v) is 5.76. The van der Waals surface area contributed by atoms with E-state index in [1.54, 1.807) is 0 Å². The molecule has 1 rings (SSSR count). The molecule has 0 heterocycles. The third kappa shape index (κ3) is 4.96. The summed E-state index contributed by atoms with van der Waals surface area (Å²) in [5.74, 6) is 6.20. The van der Waals surface area contributed by atoms with Gasteiger partial charge in [0.1, 0.15) is 0 Å². The van der Waals surface area contributed by atoms with Crippen molar-refractivity contribution in [3.63, 3.8) is 0 Å². The van der Waals surface area contributed by atoms with Crippen LogP contribution in [0.15, 0.2) is 39.1 Å². The van der Waals surface area contributed by atoms with E-state index in [-0.39, 0.29) is 0 Å². The van der Waals surface area contributed by atoms with Gasteiger partial charge in [0, 0.05) is 10.0 Å². The lowest BCUT2D eigenvalue weighted by Crippen LogP contribution is -2.02. The zero-order valence-corrected chi connectivity index (χ0v) is 12.0. The van der Waals surface area contributed by atoms with E-state index < -0.39 is 0 Å². The van der Waals surface area contributed by atoms with Gasteiger partial charge in [0.05, 0.1) is 5.71 Å². The molecule has 1 fully saturated rings. The van der Waals surface area contributed by atoms with E-state index in [4.69, 9.17) is 5.84 Å². The van der Waals surface area contributed by atoms with Crippen LogP contribution in [0.5, 0.6) is 0 Å². The monoisotopic (exact) mass is 330 g/mol. The number of rotatable bonds is 6. The number of halogens is 1. The normalized spacial score (nSPS) is 17.4. The summed E-state index contributed by atoms with van der Waals surface area (Å²) in [7, 11) is 0. The van der Waals surface area contributed by atoms with Crippen LogP contribution in [-0.2, 0) is 0 Å². The molecule has 16 heavy (non-hydrogen) atoms. The average Bonchev–Trinajstić information content (AvgIpc) is 2.97. The van der Waals surface area contributed by atoms with Crippen LogP contribution in [0.25, 0.3) is 0 Å². The Morgan fingerprint density at radius 2 is 2.12 bits per heavy atom. The third-order valence-electron chi connectivity index (χ3n) is 2.61. The predicted molar refractivity (Wildman–Crippen MR) is 79.6 cm³/mol. The van der Waals surface area contributed by atoms with Crippen molar-refractivity contribution in [2.45, 2.75) is 32.6 Å². The smallest absolute Gasteiger partial charge is 0.0767 e. The summed E-state index contributed by atoms with van der Waals surface area (Å²) >= 11 is 2.15. The van der Waals surface area contributed by atoms with E-state index >= 15 is 0 Å². The van der Waals surface area contributed by atoms with Gasteiger partial charge >= 0.3 is 0 Å². The molecule has 0 aromatic heterocycles. The van der Waals surface area contributed by atoms with Crippen molar-refractivity contribution in [3.05, 3.63) is 34.0 Å². The maximum atomic E-state index is 5.32. The predicted octanol–water partition coefficient (Wildman–Crippen LogP) is 3.94. The molecule has 0 aliphatic heterocycles. The van der Waals surface area contributed by atoms with E-state index in [9.17, 15) is 0 Å². The summed E-state index contributed by atoms with van der Waals surface area (Å²) in [5, 5.41) is 3.75. The molecule has 1 saturated carbocycles. The van der Waals surface area contributed by atoms with Crippen LogP contribution in [0.4, 0.5) is 0 Å². The van der Waals surface area contributed by atoms with Crippen molar-refractivity contribution in [2.75, 3.05) is 0 Å². The van der Waals surface area contributed by atoms with Crippen LogP contribution in [0.3, 0.4) is 0 Å². The van der Waals surface area contributed by atoms with E-state index in [0.29, 0.717) is 0 Å². The van der Waals surface area contributed by atoms with Crippen LogP contribution in [0.2, 0.25) is 0 Å². The molecule has 0 aromatic rings. The lowest BCUT2D eigenvalue weighted by molar-refractivity contribution is 0.837. The molecule has 88 valence electrons. The highest BCUT2D eigenvalue weighted by Crippen LogP contribution is 2.35. The highest BCUT2D eigenvalue weighted by molar-refractivity contribution is 14.1. The fourth-order valence-corrected chi connectivity index (χ4v) is 1.96. The van der Waals surface area contributed by atoms with Crippen molar-refractivity contribution >= 4 is 28.3 Å². The topological polar surface area (TPSA) is 38.4 Å². The zero-order chi connectivity index (χ0) is 12.1. The first-order chi connectivity index (χ1) is 7.52. The molecule has 0 radical (unpaired) electrons. The molecule has 2 nitrogen and oxygen atoms in total. The Labute approximate surface area is 112 Å². The van der Waals surface area contributed by atoms with Crippen LogP contribution in [0, 0.1) is 5.92 Å². The SMILES string of the molecule is C=C(/C=C(\C)C/C(=N/N)C(=C)I)CC1CC1. The molecule has 0 bridgehead atoms. The van der Waals surface area contributed by atoms with Gasteiger partial charge < -0.3 is 5.84 Å². The Kier molecular flexibility index (Phi) is 5.25. The maximum Gasteiger partial charge on any atom is 0.0767 e. The number of hydrogen-bond donors (Lipinski definition) is 1. The zero-order valence-electron chi connectivity index (χ0n) is 9.80. The second-order valence-electron chi connectivity index (χ2n) is 4.45. The molecule has 0 aromatic carbocycles. The highest BCUT2D eigenvalue weighted by Gasteiger charge is 2.21. The molecule has 1 aliphatic rings. The van der Waals surface area contributed by atoms with Gasteiger partial charge in [-0.15, -0.1) is 0 Å². The first-order valence-electron chi connectivity index (χ1n) is 5.49. The Hall–Kier alpha value is -0.580. The number of allylic oxidation sites excluding steroid dienone is 4. The summed E-state index contributed by atoms with van der Waals surface area (Å²) < 4.78 is 0.903. The highest BCUT2D eigenvalue weighted by atomic mass is 127. The van der Waals surface area contributed by atoms with Gasteiger partial charge in [-0.05, 0) is 54.7 Å². The molecular formula is C13H19IN2. The second kappa shape index (κ2) is 6.23. The average molecular weight is 330 g/mol. The van der Waals surface area contributed by atoms with E-state index in [0.717, 1.165) is 28.1 Å². The fraction of sp³-hybridized carbons (Fsp3) is 0.462. The Morgan fingerprint density at radius 3 is 2.56 bits per heavy atom. The van der Waals surface area contributed by atoms with Crippen LogP contribution in [-0.4, -0.2) is 5.71 Å². The van der Waals surface area contributed by atoms with Crippen molar-refractivity contribution in [1.82, 2.24) is 0 Å². The summed E-state index contributed by atoms with van der Waals surface area (Å²) in [6.07, 6.45) is 6.79. The Bertz CT molecular complexity index is 349.